The van der Waals surface area contributed by atoms with E-state index in [1.54, 1.807) is 29.6 Å². The minimum absolute atomic E-state index is 0.137. The second kappa shape index (κ2) is 9.75. The minimum atomic E-state index is -3.69. The molecule has 10 heteroatoms. The number of ketones is 1. The van der Waals surface area contributed by atoms with Gasteiger partial charge >= 0.3 is 5.97 Å². The second-order valence-corrected chi connectivity index (χ2v) is 9.65. The number of hydrogen-bond acceptors (Lipinski definition) is 7. The number of benzene rings is 2. The van der Waals surface area contributed by atoms with Crippen molar-refractivity contribution in [1.29, 1.82) is 0 Å². The largest absolute Gasteiger partial charge is 0.449 e. The molecule has 2 N–H and O–H groups in total. The summed E-state index contributed by atoms with van der Waals surface area (Å²) in [6.07, 6.45) is -1.10. The molecule has 1 heterocycles. The third kappa shape index (κ3) is 5.80. The van der Waals surface area contributed by atoms with E-state index >= 15 is 0 Å². The van der Waals surface area contributed by atoms with Gasteiger partial charge in [0.05, 0.1) is 5.56 Å². The van der Waals surface area contributed by atoms with Crippen LogP contribution in [0.25, 0.3) is 0 Å². The van der Waals surface area contributed by atoms with Crippen molar-refractivity contribution in [3.63, 3.8) is 0 Å². The van der Waals surface area contributed by atoms with Crippen LogP contribution in [-0.4, -0.2) is 32.2 Å². The van der Waals surface area contributed by atoms with Crippen LogP contribution in [0.1, 0.15) is 34.6 Å². The Bertz CT molecular complexity index is 1240. The molecule has 0 saturated heterocycles. The molecule has 0 spiro atoms. The third-order valence-electron chi connectivity index (χ3n) is 4.32. The zero-order valence-electron chi connectivity index (χ0n) is 17.2. The first-order chi connectivity index (χ1) is 15.2. The number of carbonyl (C=O) groups is 3. The van der Waals surface area contributed by atoms with Crippen LogP contribution in [0.15, 0.2) is 70.3 Å². The van der Waals surface area contributed by atoms with Crippen LogP contribution < -0.4 is 10.0 Å². The Morgan fingerprint density at radius 2 is 1.66 bits per heavy atom. The molecule has 0 radical (unpaired) electrons. The van der Waals surface area contributed by atoms with E-state index in [2.05, 4.69) is 10.0 Å². The predicted octanol–water partition coefficient (Wildman–Crippen LogP) is 3.94. The molecule has 0 bridgehead atoms. The summed E-state index contributed by atoms with van der Waals surface area (Å²) in [7, 11) is -3.69. The number of thiophene rings is 1. The van der Waals surface area contributed by atoms with Gasteiger partial charge in [-0.2, -0.15) is 0 Å². The SMILES string of the molecule is CC(=O)c1cccc(NC(=O)[C@@H](C)OC(=O)c2ccc(NS(=O)(=O)c3cccs3)cc2)c1. The highest BCUT2D eigenvalue weighted by atomic mass is 32.2. The molecule has 1 atom stereocenters. The number of esters is 1. The molecule has 0 aliphatic rings. The van der Waals surface area contributed by atoms with Crippen LogP contribution in [-0.2, 0) is 19.6 Å². The molecule has 1 amide bonds. The Balaban J connectivity index is 1.59. The molecular formula is C22H20N2O6S2. The maximum atomic E-state index is 12.4. The van der Waals surface area contributed by atoms with Gasteiger partial charge in [0.2, 0.25) is 0 Å². The molecular weight excluding hydrogens is 452 g/mol. The van der Waals surface area contributed by atoms with Gasteiger partial charge in [-0.25, -0.2) is 13.2 Å². The van der Waals surface area contributed by atoms with Gasteiger partial charge in [0.1, 0.15) is 4.21 Å². The molecule has 0 fully saturated rings. The zero-order valence-corrected chi connectivity index (χ0v) is 18.8. The van der Waals surface area contributed by atoms with E-state index in [1.165, 1.54) is 50.2 Å². The van der Waals surface area contributed by atoms with E-state index in [4.69, 9.17) is 4.74 Å². The van der Waals surface area contributed by atoms with Crippen LogP contribution >= 0.6 is 11.3 Å². The fourth-order valence-corrected chi connectivity index (χ4v) is 4.69. The summed E-state index contributed by atoms with van der Waals surface area (Å²) in [5, 5.41) is 4.26. The fraction of sp³-hybridized carbons (Fsp3) is 0.136. The smallest absolute Gasteiger partial charge is 0.338 e. The highest BCUT2D eigenvalue weighted by Crippen LogP contribution is 2.21. The summed E-state index contributed by atoms with van der Waals surface area (Å²) in [6.45, 7) is 2.84. The van der Waals surface area contributed by atoms with Gasteiger partial charge in [-0.3, -0.25) is 14.3 Å². The van der Waals surface area contributed by atoms with Gasteiger partial charge in [0.15, 0.2) is 11.9 Å². The summed E-state index contributed by atoms with van der Waals surface area (Å²) >= 11 is 1.09. The Kier molecular flexibility index (Phi) is 7.06. The van der Waals surface area contributed by atoms with Crippen molar-refractivity contribution in [3.8, 4) is 0 Å². The molecule has 0 aliphatic heterocycles. The van der Waals surface area contributed by atoms with E-state index in [1.807, 2.05) is 0 Å². The van der Waals surface area contributed by atoms with Gasteiger partial charge in [-0.1, -0.05) is 18.2 Å². The molecule has 3 rings (SSSR count). The van der Waals surface area contributed by atoms with Crippen LogP contribution in [0.4, 0.5) is 11.4 Å². The number of rotatable bonds is 8. The summed E-state index contributed by atoms with van der Waals surface area (Å²) in [5.41, 5.74) is 1.30. The molecule has 32 heavy (non-hydrogen) atoms. The van der Waals surface area contributed by atoms with Crippen molar-refractivity contribution in [1.82, 2.24) is 0 Å². The Labute approximate surface area is 189 Å². The van der Waals surface area contributed by atoms with Crippen molar-refractivity contribution in [2.75, 3.05) is 10.0 Å². The zero-order chi connectivity index (χ0) is 23.3. The highest BCUT2D eigenvalue weighted by Gasteiger charge is 2.20. The third-order valence-corrected chi connectivity index (χ3v) is 7.10. The lowest BCUT2D eigenvalue weighted by Crippen LogP contribution is -2.30. The molecule has 0 saturated carbocycles. The Morgan fingerprint density at radius 3 is 2.28 bits per heavy atom. The van der Waals surface area contributed by atoms with Gasteiger partial charge in [0, 0.05) is 16.9 Å². The number of amides is 1. The number of hydrogen-bond donors (Lipinski definition) is 2. The average molecular weight is 473 g/mol. The lowest BCUT2D eigenvalue weighted by atomic mass is 10.1. The van der Waals surface area contributed by atoms with E-state index < -0.39 is 28.0 Å². The van der Waals surface area contributed by atoms with Gasteiger partial charge in [-0.15, -0.1) is 11.3 Å². The maximum absolute atomic E-state index is 12.4. The average Bonchev–Trinajstić information content (AvgIpc) is 3.30. The van der Waals surface area contributed by atoms with E-state index in [0.717, 1.165) is 11.3 Å². The van der Waals surface area contributed by atoms with Crippen molar-refractivity contribution in [2.24, 2.45) is 0 Å². The molecule has 1 aromatic heterocycles. The van der Waals surface area contributed by atoms with Crippen molar-refractivity contribution in [2.45, 2.75) is 24.2 Å². The topological polar surface area (TPSA) is 119 Å². The predicted molar refractivity (Wildman–Crippen MR) is 122 cm³/mol. The van der Waals surface area contributed by atoms with Gasteiger partial charge in [-0.05, 0) is 61.7 Å². The summed E-state index contributed by atoms with van der Waals surface area (Å²) in [4.78, 5) is 36.2. The normalized spacial score (nSPS) is 11.9. The summed E-state index contributed by atoms with van der Waals surface area (Å²) in [6, 6.07) is 15.2. The van der Waals surface area contributed by atoms with E-state index in [9.17, 15) is 22.8 Å². The quantitative estimate of drug-likeness (QED) is 0.379. The second-order valence-electron chi connectivity index (χ2n) is 6.79. The first kappa shape index (κ1) is 23.2. The molecule has 0 unspecified atom stereocenters. The van der Waals surface area contributed by atoms with Crippen LogP contribution in [0, 0.1) is 0 Å². The number of carbonyl (C=O) groups excluding carboxylic acids is 3. The highest BCUT2D eigenvalue weighted by molar-refractivity contribution is 7.94. The van der Waals surface area contributed by atoms with E-state index in [-0.39, 0.29) is 21.2 Å². The Hall–Kier alpha value is -3.50. The summed E-state index contributed by atoms with van der Waals surface area (Å²) < 4.78 is 32.3. The number of Topliss-reactive ketones (excluding diaryl/α,β-unsaturated/α-hetero) is 1. The number of anilines is 2. The van der Waals surface area contributed by atoms with Crippen LogP contribution in [0.2, 0.25) is 0 Å². The number of nitrogens with one attached hydrogen (secondary N) is 2. The number of sulfonamides is 1. The van der Waals surface area contributed by atoms with Crippen molar-refractivity contribution < 1.29 is 27.5 Å². The monoisotopic (exact) mass is 472 g/mol. The van der Waals surface area contributed by atoms with Crippen molar-refractivity contribution >= 4 is 50.4 Å². The fourth-order valence-electron chi connectivity index (χ4n) is 2.64. The lowest BCUT2D eigenvalue weighted by molar-refractivity contribution is -0.123. The van der Waals surface area contributed by atoms with Crippen LogP contribution in [0.5, 0.6) is 0 Å². The number of ether oxygens (including phenoxy) is 1. The maximum Gasteiger partial charge on any atom is 0.338 e. The molecule has 166 valence electrons. The minimum Gasteiger partial charge on any atom is -0.449 e. The first-order valence-electron chi connectivity index (χ1n) is 9.45. The standard InChI is InChI=1S/C22H20N2O6S2/c1-14(25)17-5-3-6-19(13-17)23-21(26)15(2)30-22(27)16-8-10-18(11-9-16)24-32(28,29)20-7-4-12-31-20/h3-13,15,24H,1-2H3,(H,23,26)/t15-/m1/s1. The van der Waals surface area contributed by atoms with Crippen LogP contribution in [0.3, 0.4) is 0 Å². The molecule has 0 aliphatic carbocycles. The molecule has 8 nitrogen and oxygen atoms in total. The van der Waals surface area contributed by atoms with Gasteiger partial charge in [0.25, 0.3) is 15.9 Å². The van der Waals surface area contributed by atoms with Gasteiger partial charge < -0.3 is 10.1 Å². The lowest BCUT2D eigenvalue weighted by Gasteiger charge is -2.14. The van der Waals surface area contributed by atoms with E-state index in [0.29, 0.717) is 11.3 Å². The Morgan fingerprint density at radius 1 is 0.938 bits per heavy atom. The molecule has 2 aromatic carbocycles. The summed E-state index contributed by atoms with van der Waals surface area (Å²) in [5.74, 6) is -1.43. The van der Waals surface area contributed by atoms with Crippen molar-refractivity contribution in [3.05, 3.63) is 77.2 Å². The molecule has 3 aromatic rings. The first-order valence-corrected chi connectivity index (χ1v) is 11.8.